The summed E-state index contributed by atoms with van der Waals surface area (Å²) in [4.78, 5) is 20.1. The number of aryl methyl sites for hydroxylation is 2. The van der Waals surface area contributed by atoms with E-state index in [1.807, 2.05) is 24.4 Å². The van der Waals surface area contributed by atoms with Gasteiger partial charge in [-0.05, 0) is 36.9 Å². The number of hydrogen-bond donors (Lipinski definition) is 0. The summed E-state index contributed by atoms with van der Waals surface area (Å²) in [6.45, 7) is 7.08. The first kappa shape index (κ1) is 16.3. The van der Waals surface area contributed by atoms with Crippen LogP contribution < -0.4 is 0 Å². The van der Waals surface area contributed by atoms with Gasteiger partial charge in [0.25, 0.3) is 0 Å². The maximum atomic E-state index is 12.4. The maximum absolute atomic E-state index is 12.4. The predicted molar refractivity (Wildman–Crippen MR) is 92.0 cm³/mol. The number of carbonyl (C=O) groups excluding carboxylic acids is 1. The van der Waals surface area contributed by atoms with Crippen molar-refractivity contribution in [1.29, 1.82) is 0 Å². The fourth-order valence-corrected chi connectivity index (χ4v) is 3.61. The predicted octanol–water partition coefficient (Wildman–Crippen LogP) is 3.23. The van der Waals surface area contributed by atoms with Gasteiger partial charge in [0.2, 0.25) is 0 Å². The highest BCUT2D eigenvalue weighted by Gasteiger charge is 2.26. The fraction of sp³-hybridized carbons (Fsp3) is 0.444. The van der Waals surface area contributed by atoms with Gasteiger partial charge in [-0.15, -0.1) is 11.3 Å². The fourth-order valence-electron chi connectivity index (χ4n) is 2.94. The molecule has 1 aliphatic rings. The standard InChI is InChI=1S/C18H22N2O2S/c1-13-5-6-15(14(2)19-13)11-20-7-8-22-12-16(20)10-17(21)18-4-3-9-23-18/h3-6,9,16H,7-8,10-12H2,1-2H3. The van der Waals surface area contributed by atoms with Crippen molar-refractivity contribution in [1.82, 2.24) is 9.88 Å². The number of rotatable bonds is 5. The second-order valence-corrected chi connectivity index (χ2v) is 6.95. The zero-order chi connectivity index (χ0) is 16.2. The highest BCUT2D eigenvalue weighted by atomic mass is 32.1. The van der Waals surface area contributed by atoms with E-state index in [2.05, 4.69) is 28.9 Å². The van der Waals surface area contributed by atoms with Gasteiger partial charge in [-0.25, -0.2) is 0 Å². The van der Waals surface area contributed by atoms with Crippen LogP contribution >= 0.6 is 11.3 Å². The molecule has 2 aromatic heterocycles. The van der Waals surface area contributed by atoms with Crippen LogP contribution in [0.2, 0.25) is 0 Å². The summed E-state index contributed by atoms with van der Waals surface area (Å²) in [5.41, 5.74) is 3.34. The molecule has 0 bridgehead atoms. The highest BCUT2D eigenvalue weighted by Crippen LogP contribution is 2.20. The van der Waals surface area contributed by atoms with Gasteiger partial charge in [-0.1, -0.05) is 12.1 Å². The molecular weight excluding hydrogens is 308 g/mol. The lowest BCUT2D eigenvalue weighted by molar-refractivity contribution is -0.0126. The van der Waals surface area contributed by atoms with E-state index in [-0.39, 0.29) is 11.8 Å². The van der Waals surface area contributed by atoms with Gasteiger partial charge in [0, 0.05) is 36.9 Å². The van der Waals surface area contributed by atoms with Crippen molar-refractivity contribution < 1.29 is 9.53 Å². The molecule has 122 valence electrons. The number of morpholine rings is 1. The van der Waals surface area contributed by atoms with Crippen molar-refractivity contribution in [3.63, 3.8) is 0 Å². The Morgan fingerprint density at radius 2 is 2.26 bits per heavy atom. The van der Waals surface area contributed by atoms with Crippen molar-refractivity contribution in [2.24, 2.45) is 0 Å². The largest absolute Gasteiger partial charge is 0.378 e. The highest BCUT2D eigenvalue weighted by molar-refractivity contribution is 7.12. The summed E-state index contributed by atoms with van der Waals surface area (Å²) in [6, 6.07) is 8.16. The van der Waals surface area contributed by atoms with Crippen LogP contribution in [0, 0.1) is 13.8 Å². The number of ketones is 1. The monoisotopic (exact) mass is 330 g/mol. The summed E-state index contributed by atoms with van der Waals surface area (Å²) in [6.07, 6.45) is 0.513. The molecule has 2 aromatic rings. The van der Waals surface area contributed by atoms with Crippen LogP contribution in [0.1, 0.15) is 33.0 Å². The van der Waals surface area contributed by atoms with Crippen molar-refractivity contribution in [2.45, 2.75) is 32.9 Å². The smallest absolute Gasteiger partial charge is 0.174 e. The van der Waals surface area contributed by atoms with Crippen LogP contribution in [-0.4, -0.2) is 41.5 Å². The lowest BCUT2D eigenvalue weighted by Crippen LogP contribution is -2.46. The van der Waals surface area contributed by atoms with E-state index < -0.39 is 0 Å². The van der Waals surface area contributed by atoms with Crippen LogP contribution in [0.3, 0.4) is 0 Å². The molecule has 0 saturated carbocycles. The Morgan fingerprint density at radius 3 is 3.00 bits per heavy atom. The summed E-state index contributed by atoms with van der Waals surface area (Å²) >= 11 is 1.51. The molecule has 0 N–H and O–H groups in total. The van der Waals surface area contributed by atoms with Crippen LogP contribution in [0.25, 0.3) is 0 Å². The second-order valence-electron chi connectivity index (χ2n) is 6.00. The lowest BCUT2D eigenvalue weighted by atomic mass is 10.1. The Bertz CT molecular complexity index is 670. The first-order valence-corrected chi connectivity index (χ1v) is 8.83. The van der Waals surface area contributed by atoms with Crippen LogP contribution in [0.15, 0.2) is 29.6 Å². The van der Waals surface area contributed by atoms with Gasteiger partial charge in [0.05, 0.1) is 18.1 Å². The Morgan fingerprint density at radius 1 is 1.39 bits per heavy atom. The number of pyridine rings is 1. The number of hydrogen-bond acceptors (Lipinski definition) is 5. The molecule has 3 heterocycles. The normalized spacial score (nSPS) is 19.0. The molecule has 0 aromatic carbocycles. The molecule has 5 heteroatoms. The first-order valence-electron chi connectivity index (χ1n) is 7.95. The van der Waals surface area contributed by atoms with E-state index in [9.17, 15) is 4.79 Å². The molecule has 0 spiro atoms. The average molecular weight is 330 g/mol. The molecule has 0 amide bonds. The quantitative estimate of drug-likeness (QED) is 0.790. The van der Waals surface area contributed by atoms with Gasteiger partial charge in [0.1, 0.15) is 0 Å². The van der Waals surface area contributed by atoms with Gasteiger partial charge >= 0.3 is 0 Å². The Hall–Kier alpha value is -1.56. The molecule has 1 atom stereocenters. The zero-order valence-electron chi connectivity index (χ0n) is 13.6. The molecule has 23 heavy (non-hydrogen) atoms. The topological polar surface area (TPSA) is 42.4 Å². The molecule has 1 unspecified atom stereocenters. The molecule has 1 saturated heterocycles. The Labute approximate surface area is 141 Å². The van der Waals surface area contributed by atoms with E-state index in [1.165, 1.54) is 16.9 Å². The number of nitrogens with zero attached hydrogens (tertiary/aromatic N) is 2. The summed E-state index contributed by atoms with van der Waals surface area (Å²) in [5, 5.41) is 1.95. The molecule has 4 nitrogen and oxygen atoms in total. The van der Waals surface area contributed by atoms with E-state index in [0.29, 0.717) is 13.0 Å². The van der Waals surface area contributed by atoms with Crippen molar-refractivity contribution in [3.05, 3.63) is 51.5 Å². The van der Waals surface area contributed by atoms with Gasteiger partial charge < -0.3 is 4.74 Å². The maximum Gasteiger partial charge on any atom is 0.174 e. The van der Waals surface area contributed by atoms with Crippen molar-refractivity contribution in [2.75, 3.05) is 19.8 Å². The number of aromatic nitrogens is 1. The Kier molecular flexibility index (Phi) is 5.20. The third kappa shape index (κ3) is 4.05. The number of carbonyl (C=O) groups is 1. The molecule has 0 radical (unpaired) electrons. The van der Waals surface area contributed by atoms with Gasteiger partial charge in [-0.3, -0.25) is 14.7 Å². The van der Waals surface area contributed by atoms with E-state index >= 15 is 0 Å². The van der Waals surface area contributed by atoms with Crippen LogP contribution in [0.5, 0.6) is 0 Å². The van der Waals surface area contributed by atoms with Crippen LogP contribution in [-0.2, 0) is 11.3 Å². The van der Waals surface area contributed by atoms with E-state index in [1.54, 1.807) is 0 Å². The SMILES string of the molecule is Cc1ccc(CN2CCOCC2CC(=O)c2cccs2)c(C)n1. The summed E-state index contributed by atoms with van der Waals surface area (Å²) in [7, 11) is 0. The third-order valence-corrected chi connectivity index (χ3v) is 5.19. The lowest BCUT2D eigenvalue weighted by Gasteiger charge is -2.35. The third-order valence-electron chi connectivity index (χ3n) is 4.27. The van der Waals surface area contributed by atoms with Gasteiger partial charge in [0.15, 0.2) is 5.78 Å². The second kappa shape index (κ2) is 7.34. The molecule has 1 aliphatic heterocycles. The molecule has 3 rings (SSSR count). The minimum atomic E-state index is 0.138. The zero-order valence-corrected chi connectivity index (χ0v) is 14.4. The molecule has 1 fully saturated rings. The molecular formula is C18H22N2O2S. The van der Waals surface area contributed by atoms with Crippen molar-refractivity contribution >= 4 is 17.1 Å². The summed E-state index contributed by atoms with van der Waals surface area (Å²) < 4.78 is 5.61. The van der Waals surface area contributed by atoms with E-state index in [4.69, 9.17) is 4.74 Å². The first-order chi connectivity index (χ1) is 11.1. The number of thiophene rings is 1. The minimum Gasteiger partial charge on any atom is -0.378 e. The number of ether oxygens (including phenoxy) is 1. The van der Waals surface area contributed by atoms with E-state index in [0.717, 1.165) is 36.0 Å². The Balaban J connectivity index is 1.70. The summed E-state index contributed by atoms with van der Waals surface area (Å²) in [5.74, 6) is 0.208. The molecule has 0 aliphatic carbocycles. The average Bonchev–Trinajstić information content (AvgIpc) is 3.06. The van der Waals surface area contributed by atoms with Crippen molar-refractivity contribution in [3.8, 4) is 0 Å². The van der Waals surface area contributed by atoms with Crippen LogP contribution in [0.4, 0.5) is 0 Å². The number of Topliss-reactive ketones (excluding diaryl/α,β-unsaturated/α-hetero) is 1. The van der Waals surface area contributed by atoms with Gasteiger partial charge in [-0.2, -0.15) is 0 Å². The minimum absolute atomic E-state index is 0.138.